The van der Waals surface area contributed by atoms with Crippen LogP contribution in [0.3, 0.4) is 0 Å². The molecule has 3 aromatic rings. The molecule has 1 aliphatic heterocycles. The van der Waals surface area contributed by atoms with E-state index < -0.39 is 59.4 Å². The molecule has 13 heteroatoms. The molecule has 3 aromatic carbocycles. The number of carbonyl (C=O) groups excluding carboxylic acids is 4. The number of amides is 4. The maximum absolute atomic E-state index is 14.0. The lowest BCUT2D eigenvalue weighted by molar-refractivity contribution is -0.140. The second-order valence-electron chi connectivity index (χ2n) is 12.5. The molecule has 0 aromatic heterocycles. The smallest absolute Gasteiger partial charge is 0.419 e. The van der Waals surface area contributed by atoms with Crippen LogP contribution in [-0.2, 0) is 20.5 Å². The van der Waals surface area contributed by atoms with Gasteiger partial charge >= 0.3 is 12.3 Å². The predicted octanol–water partition coefficient (Wildman–Crippen LogP) is 6.47. The standard InChI is InChI=1S/C36H29F4N3O6/c1-48-28-12-7-19(18-3-2-4-20(14-18)31-34(46)43-35(47)49-31)15-25(28)32(44)42-30-23-10-9-22(24(23)13-17-5-6-17)29(30)33(45)41-21-8-11-27(37)26(16-21)36(38,39)40/h2-4,7-8,11-12,14-16,22-23,29-31H,5-6,9-10H2,1H3,(H,41,45)(H,42,44)(H,43,46,47)/t22?,23?,29-,30+,31?/m0/s1. The van der Waals surface area contributed by atoms with Crippen LogP contribution in [0.4, 0.5) is 28.0 Å². The molecule has 4 fully saturated rings. The summed E-state index contributed by atoms with van der Waals surface area (Å²) in [6.45, 7) is 0. The highest BCUT2D eigenvalue weighted by Crippen LogP contribution is 2.53. The van der Waals surface area contributed by atoms with Gasteiger partial charge in [0.25, 0.3) is 11.8 Å². The molecular formula is C36H29F4N3O6. The number of anilines is 1. The Hall–Kier alpha value is -5.42. The van der Waals surface area contributed by atoms with Crippen molar-refractivity contribution in [2.24, 2.45) is 17.8 Å². The van der Waals surface area contributed by atoms with E-state index in [1.54, 1.807) is 42.5 Å². The van der Waals surface area contributed by atoms with Crippen molar-refractivity contribution in [3.63, 3.8) is 0 Å². The molecule has 9 nitrogen and oxygen atoms in total. The van der Waals surface area contributed by atoms with Crippen LogP contribution in [0.25, 0.3) is 11.1 Å². The molecule has 4 aliphatic rings. The highest BCUT2D eigenvalue weighted by atomic mass is 19.4. The summed E-state index contributed by atoms with van der Waals surface area (Å²) in [6.07, 6.45) is -3.79. The van der Waals surface area contributed by atoms with Crippen LogP contribution in [0.1, 0.15) is 53.3 Å². The number of halogens is 4. The van der Waals surface area contributed by atoms with Gasteiger partial charge in [-0.15, -0.1) is 5.73 Å². The molecule has 3 saturated carbocycles. The van der Waals surface area contributed by atoms with E-state index in [0.717, 1.165) is 30.1 Å². The topological polar surface area (TPSA) is 123 Å². The van der Waals surface area contributed by atoms with Crippen molar-refractivity contribution in [3.05, 3.63) is 100 Å². The number of imide groups is 1. The first-order valence-corrected chi connectivity index (χ1v) is 15.7. The normalized spacial score (nSPS) is 23.9. The maximum atomic E-state index is 14.0. The van der Waals surface area contributed by atoms with Crippen LogP contribution in [0.5, 0.6) is 5.75 Å². The Morgan fingerprint density at radius 3 is 2.43 bits per heavy atom. The Labute approximate surface area is 277 Å². The molecule has 0 radical (unpaired) electrons. The van der Waals surface area contributed by atoms with Gasteiger partial charge in [0.2, 0.25) is 12.0 Å². The van der Waals surface area contributed by atoms with Crippen molar-refractivity contribution in [2.75, 3.05) is 12.4 Å². The van der Waals surface area contributed by atoms with Crippen LogP contribution in [0, 0.1) is 23.6 Å². The Balaban J connectivity index is 1.18. The van der Waals surface area contributed by atoms with E-state index in [-0.39, 0.29) is 28.8 Å². The van der Waals surface area contributed by atoms with E-state index in [2.05, 4.69) is 21.7 Å². The van der Waals surface area contributed by atoms with Crippen molar-refractivity contribution in [2.45, 2.75) is 44.0 Å². The number of carbonyl (C=O) groups is 4. The zero-order valence-corrected chi connectivity index (χ0v) is 26.0. The monoisotopic (exact) mass is 675 g/mol. The fourth-order valence-corrected chi connectivity index (χ4v) is 7.10. The number of alkyl carbamates (subject to hydrolysis) is 1. The number of hydrogen-bond acceptors (Lipinski definition) is 6. The van der Waals surface area contributed by atoms with Gasteiger partial charge in [-0.25, -0.2) is 9.18 Å². The SMILES string of the molecule is COc1ccc(-c2cccc(C3OC(=O)NC3=O)c2)cc1C(=O)N[C@@H]1C2CCC(C2=C=C2CC2)[C@@H]1C(=O)Nc1ccc(F)c(C(F)(F)F)c1. The van der Waals surface area contributed by atoms with Crippen molar-refractivity contribution >= 4 is 29.5 Å². The van der Waals surface area contributed by atoms with Gasteiger partial charge in [-0.3, -0.25) is 19.7 Å². The molecule has 252 valence electrons. The number of cyclic esters (lactones) is 1. The molecule has 49 heavy (non-hydrogen) atoms. The highest BCUT2D eigenvalue weighted by Gasteiger charge is 2.55. The largest absolute Gasteiger partial charge is 0.496 e. The average molecular weight is 676 g/mol. The molecule has 7 rings (SSSR count). The number of nitrogens with one attached hydrogen (secondary N) is 3. The number of ether oxygens (including phenoxy) is 2. The molecule has 5 atom stereocenters. The van der Waals surface area contributed by atoms with Gasteiger partial charge in [-0.1, -0.05) is 24.3 Å². The maximum Gasteiger partial charge on any atom is 0.419 e. The quantitative estimate of drug-likeness (QED) is 0.195. The molecule has 3 unspecified atom stereocenters. The van der Waals surface area contributed by atoms with E-state index in [1.807, 2.05) is 0 Å². The minimum atomic E-state index is -4.95. The Morgan fingerprint density at radius 2 is 1.73 bits per heavy atom. The highest BCUT2D eigenvalue weighted by molar-refractivity contribution is 6.01. The van der Waals surface area contributed by atoms with Crippen LogP contribution in [0.2, 0.25) is 0 Å². The predicted molar refractivity (Wildman–Crippen MR) is 167 cm³/mol. The van der Waals surface area contributed by atoms with Crippen molar-refractivity contribution in [3.8, 4) is 16.9 Å². The molecule has 1 saturated heterocycles. The lowest BCUT2D eigenvalue weighted by atomic mass is 9.83. The minimum Gasteiger partial charge on any atom is -0.496 e. The number of rotatable bonds is 7. The van der Waals surface area contributed by atoms with Gasteiger partial charge < -0.3 is 20.1 Å². The second-order valence-corrected chi connectivity index (χ2v) is 12.5. The van der Waals surface area contributed by atoms with E-state index >= 15 is 0 Å². The first kappa shape index (κ1) is 32.1. The fourth-order valence-electron chi connectivity index (χ4n) is 7.10. The van der Waals surface area contributed by atoms with Gasteiger partial charge in [0, 0.05) is 29.1 Å². The number of fused-ring (bicyclic) bond motifs is 2. The van der Waals surface area contributed by atoms with Crippen molar-refractivity contribution in [1.82, 2.24) is 10.6 Å². The molecule has 2 bridgehead atoms. The average Bonchev–Trinajstić information content (AvgIpc) is 3.62. The summed E-state index contributed by atoms with van der Waals surface area (Å²) in [5.41, 5.74) is 5.60. The number of hydrogen-bond donors (Lipinski definition) is 3. The summed E-state index contributed by atoms with van der Waals surface area (Å²) in [6, 6.07) is 13.3. The second kappa shape index (κ2) is 12.2. The van der Waals surface area contributed by atoms with Gasteiger partial charge in [0.15, 0.2) is 0 Å². The zero-order valence-electron chi connectivity index (χ0n) is 26.0. The van der Waals surface area contributed by atoms with Gasteiger partial charge in [-0.2, -0.15) is 13.2 Å². The van der Waals surface area contributed by atoms with Gasteiger partial charge in [0.05, 0.1) is 24.2 Å². The van der Waals surface area contributed by atoms with E-state index in [1.165, 1.54) is 7.11 Å². The lowest BCUT2D eigenvalue weighted by Crippen LogP contribution is -2.48. The van der Waals surface area contributed by atoms with Crippen LogP contribution < -0.4 is 20.7 Å². The first-order chi connectivity index (χ1) is 23.4. The van der Waals surface area contributed by atoms with Crippen LogP contribution >= 0.6 is 0 Å². The number of alkyl halides is 3. The summed E-state index contributed by atoms with van der Waals surface area (Å²) in [5.74, 6) is -4.24. The lowest BCUT2D eigenvalue weighted by Gasteiger charge is -2.30. The third-order valence-electron chi connectivity index (χ3n) is 9.46. The summed E-state index contributed by atoms with van der Waals surface area (Å²) in [5, 5.41) is 7.67. The molecular weight excluding hydrogens is 646 g/mol. The molecule has 3 N–H and O–H groups in total. The summed E-state index contributed by atoms with van der Waals surface area (Å²) in [7, 11) is 1.41. The van der Waals surface area contributed by atoms with E-state index in [4.69, 9.17) is 9.47 Å². The fraction of sp³-hybridized carbons (Fsp3) is 0.306. The van der Waals surface area contributed by atoms with Crippen LogP contribution in [-0.4, -0.2) is 37.0 Å². The zero-order chi connectivity index (χ0) is 34.6. The summed E-state index contributed by atoms with van der Waals surface area (Å²) >= 11 is 0. The van der Waals surface area contributed by atoms with Crippen LogP contribution in [0.15, 0.2) is 77.5 Å². The number of methoxy groups -OCH3 is 1. The van der Waals surface area contributed by atoms with Crippen molar-refractivity contribution < 1.29 is 46.2 Å². The molecule has 1 heterocycles. The van der Waals surface area contributed by atoms with E-state index in [9.17, 15) is 36.7 Å². The number of benzene rings is 3. The van der Waals surface area contributed by atoms with Gasteiger partial charge in [-0.05, 0) is 84.4 Å². The first-order valence-electron chi connectivity index (χ1n) is 15.7. The third kappa shape index (κ3) is 6.17. The minimum absolute atomic E-state index is 0.164. The van der Waals surface area contributed by atoms with E-state index in [0.29, 0.717) is 41.7 Å². The summed E-state index contributed by atoms with van der Waals surface area (Å²) < 4.78 is 64.7. The Bertz CT molecular complexity index is 1980. The molecule has 0 spiro atoms. The Morgan fingerprint density at radius 1 is 0.980 bits per heavy atom. The molecule has 4 amide bonds. The molecule has 3 aliphatic carbocycles. The Kier molecular flexibility index (Phi) is 8.02. The van der Waals surface area contributed by atoms with Gasteiger partial charge in [0.1, 0.15) is 11.6 Å². The summed E-state index contributed by atoms with van der Waals surface area (Å²) in [4.78, 5) is 51.6. The third-order valence-corrected chi connectivity index (χ3v) is 9.46. The van der Waals surface area contributed by atoms with Crippen molar-refractivity contribution in [1.29, 1.82) is 0 Å².